The van der Waals surface area contributed by atoms with Gasteiger partial charge in [-0.3, -0.25) is 4.99 Å². The summed E-state index contributed by atoms with van der Waals surface area (Å²) in [4.78, 5) is 5.59. The summed E-state index contributed by atoms with van der Waals surface area (Å²) in [5, 5.41) is 6.64. The van der Waals surface area contributed by atoms with Gasteiger partial charge >= 0.3 is 0 Å². The molecule has 1 saturated heterocycles. The molecule has 124 valence electrons. The van der Waals surface area contributed by atoms with Crippen LogP contribution in [-0.4, -0.2) is 52.0 Å². The Hall–Kier alpha value is -0.630. The first kappa shape index (κ1) is 17.7. The summed E-state index contributed by atoms with van der Waals surface area (Å²) in [6.07, 6.45) is 3.29. The van der Waals surface area contributed by atoms with Crippen molar-refractivity contribution in [3.05, 3.63) is 20.8 Å². The molecule has 7 heteroatoms. The van der Waals surface area contributed by atoms with Crippen molar-refractivity contribution in [1.29, 1.82) is 0 Å². The van der Waals surface area contributed by atoms with E-state index in [0.29, 0.717) is 6.10 Å². The number of nitrogens with one attached hydrogen (secondary N) is 2. The first-order valence-electron chi connectivity index (χ1n) is 7.66. The second-order valence-electron chi connectivity index (χ2n) is 5.09. The quantitative estimate of drug-likeness (QED) is 0.407. The van der Waals surface area contributed by atoms with Gasteiger partial charge in [-0.1, -0.05) is 0 Å². The van der Waals surface area contributed by atoms with E-state index in [1.807, 2.05) is 0 Å². The first-order valence-corrected chi connectivity index (χ1v) is 9.27. The summed E-state index contributed by atoms with van der Waals surface area (Å²) < 4.78 is 12.2. The van der Waals surface area contributed by atoms with Gasteiger partial charge in [-0.05, 0) is 47.3 Å². The Bertz CT molecular complexity index is 461. The average Bonchev–Trinajstić information content (AvgIpc) is 3.17. The molecule has 0 radical (unpaired) electrons. The van der Waals surface area contributed by atoms with Gasteiger partial charge in [-0.25, -0.2) is 0 Å². The molecule has 1 unspecified atom stereocenters. The number of guanidine groups is 1. The fraction of sp³-hybridized carbons (Fsp3) is 0.667. The van der Waals surface area contributed by atoms with Gasteiger partial charge in [-0.2, -0.15) is 0 Å². The number of rotatable bonds is 8. The topological polar surface area (TPSA) is 54.9 Å². The lowest BCUT2D eigenvalue weighted by molar-refractivity contribution is 0.0420. The highest BCUT2D eigenvalue weighted by molar-refractivity contribution is 9.11. The molecule has 0 bridgehead atoms. The lowest BCUT2D eigenvalue weighted by Crippen LogP contribution is -2.39. The van der Waals surface area contributed by atoms with E-state index >= 15 is 0 Å². The summed E-state index contributed by atoms with van der Waals surface area (Å²) in [6, 6.07) is 4.24. The Morgan fingerprint density at radius 3 is 3.00 bits per heavy atom. The Kier molecular flexibility index (Phi) is 8.22. The van der Waals surface area contributed by atoms with Crippen molar-refractivity contribution in [2.24, 2.45) is 4.99 Å². The minimum absolute atomic E-state index is 0.294. The number of aliphatic imine (C=N–C) groups is 1. The van der Waals surface area contributed by atoms with Crippen LogP contribution in [0.5, 0.6) is 0 Å². The maximum atomic E-state index is 5.73. The van der Waals surface area contributed by atoms with Crippen LogP contribution in [0.1, 0.15) is 17.7 Å². The molecule has 1 aromatic heterocycles. The third-order valence-corrected chi connectivity index (χ3v) is 5.05. The van der Waals surface area contributed by atoms with E-state index in [2.05, 4.69) is 43.7 Å². The number of hydrogen-bond donors (Lipinski definition) is 2. The lowest BCUT2D eigenvalue weighted by Gasteiger charge is -2.13. The zero-order chi connectivity index (χ0) is 15.6. The van der Waals surface area contributed by atoms with Gasteiger partial charge in [0.2, 0.25) is 0 Å². The van der Waals surface area contributed by atoms with Gasteiger partial charge < -0.3 is 20.1 Å². The van der Waals surface area contributed by atoms with Crippen molar-refractivity contribution in [3.63, 3.8) is 0 Å². The van der Waals surface area contributed by atoms with Crippen LogP contribution in [0.2, 0.25) is 0 Å². The van der Waals surface area contributed by atoms with Crippen LogP contribution in [0.4, 0.5) is 0 Å². The molecule has 1 aliphatic heterocycles. The molecule has 0 spiro atoms. The SMILES string of the molecule is CN=C(NCCCOC1CCOC1)NCCc1ccc(Br)s1. The van der Waals surface area contributed by atoms with E-state index in [9.17, 15) is 0 Å². The van der Waals surface area contributed by atoms with Gasteiger partial charge in [0.05, 0.1) is 16.5 Å². The fourth-order valence-electron chi connectivity index (χ4n) is 2.18. The molecule has 0 amide bonds. The molecular formula is C15H24BrN3O2S. The van der Waals surface area contributed by atoms with E-state index in [-0.39, 0.29) is 0 Å². The van der Waals surface area contributed by atoms with Crippen LogP contribution < -0.4 is 10.6 Å². The van der Waals surface area contributed by atoms with Crippen LogP contribution in [0.3, 0.4) is 0 Å². The molecule has 0 aromatic carbocycles. The van der Waals surface area contributed by atoms with Crippen LogP contribution in [-0.2, 0) is 15.9 Å². The largest absolute Gasteiger partial charge is 0.379 e. The highest BCUT2D eigenvalue weighted by atomic mass is 79.9. The van der Waals surface area contributed by atoms with Gasteiger partial charge in [0.1, 0.15) is 0 Å². The minimum atomic E-state index is 0.294. The van der Waals surface area contributed by atoms with E-state index in [1.165, 1.54) is 8.66 Å². The van der Waals surface area contributed by atoms with Crippen molar-refractivity contribution in [2.75, 3.05) is 40.0 Å². The van der Waals surface area contributed by atoms with Crippen molar-refractivity contribution < 1.29 is 9.47 Å². The number of nitrogens with zero attached hydrogens (tertiary/aromatic N) is 1. The Morgan fingerprint density at radius 2 is 2.32 bits per heavy atom. The molecule has 2 heterocycles. The third kappa shape index (κ3) is 6.64. The second-order valence-corrected chi connectivity index (χ2v) is 7.64. The molecule has 2 rings (SSSR count). The number of hydrogen-bond acceptors (Lipinski definition) is 4. The van der Waals surface area contributed by atoms with Gasteiger partial charge in [0, 0.05) is 38.2 Å². The van der Waals surface area contributed by atoms with Crippen molar-refractivity contribution in [1.82, 2.24) is 10.6 Å². The summed E-state index contributed by atoms with van der Waals surface area (Å²) in [5.74, 6) is 0.847. The van der Waals surface area contributed by atoms with Crippen LogP contribution in [0.15, 0.2) is 20.9 Å². The Balaban J connectivity index is 1.51. The minimum Gasteiger partial charge on any atom is -0.379 e. The molecular weight excluding hydrogens is 366 g/mol. The lowest BCUT2D eigenvalue weighted by atomic mass is 10.3. The molecule has 1 aliphatic rings. The second kappa shape index (κ2) is 10.2. The summed E-state index contributed by atoms with van der Waals surface area (Å²) in [6.45, 7) is 4.08. The number of halogens is 1. The molecule has 1 fully saturated rings. The molecule has 0 saturated carbocycles. The highest BCUT2D eigenvalue weighted by Crippen LogP contribution is 2.21. The predicted molar refractivity (Wildman–Crippen MR) is 94.9 cm³/mol. The maximum absolute atomic E-state index is 5.73. The van der Waals surface area contributed by atoms with Crippen LogP contribution in [0.25, 0.3) is 0 Å². The van der Waals surface area contributed by atoms with Crippen molar-refractivity contribution in [3.8, 4) is 0 Å². The highest BCUT2D eigenvalue weighted by Gasteiger charge is 2.15. The van der Waals surface area contributed by atoms with Crippen molar-refractivity contribution >= 4 is 33.2 Å². The van der Waals surface area contributed by atoms with E-state index in [1.54, 1.807) is 18.4 Å². The summed E-state index contributed by atoms with van der Waals surface area (Å²) in [7, 11) is 1.80. The Morgan fingerprint density at radius 1 is 1.45 bits per heavy atom. The molecule has 2 N–H and O–H groups in total. The van der Waals surface area contributed by atoms with Gasteiger partial charge in [0.25, 0.3) is 0 Å². The number of thiophene rings is 1. The molecule has 5 nitrogen and oxygen atoms in total. The fourth-order valence-corrected chi connectivity index (χ4v) is 3.67. The molecule has 1 aromatic rings. The van der Waals surface area contributed by atoms with E-state index in [4.69, 9.17) is 9.47 Å². The zero-order valence-electron chi connectivity index (χ0n) is 12.9. The average molecular weight is 390 g/mol. The van der Waals surface area contributed by atoms with E-state index < -0.39 is 0 Å². The van der Waals surface area contributed by atoms with Gasteiger partial charge in [-0.15, -0.1) is 11.3 Å². The van der Waals surface area contributed by atoms with Crippen LogP contribution in [0, 0.1) is 0 Å². The molecule has 0 aliphatic carbocycles. The first-order chi connectivity index (χ1) is 10.8. The number of ether oxygens (including phenoxy) is 2. The third-order valence-electron chi connectivity index (χ3n) is 3.37. The molecule has 1 atom stereocenters. The van der Waals surface area contributed by atoms with Gasteiger partial charge in [0.15, 0.2) is 5.96 Å². The Labute approximate surface area is 144 Å². The van der Waals surface area contributed by atoms with Crippen LogP contribution >= 0.6 is 27.3 Å². The smallest absolute Gasteiger partial charge is 0.190 e. The predicted octanol–water partition coefficient (Wildman–Crippen LogP) is 2.41. The zero-order valence-corrected chi connectivity index (χ0v) is 15.3. The van der Waals surface area contributed by atoms with Crippen molar-refractivity contribution in [2.45, 2.75) is 25.4 Å². The normalized spacial score (nSPS) is 18.6. The monoisotopic (exact) mass is 389 g/mol. The standard InChI is InChI=1S/C15H24BrN3O2S/c1-17-15(19-8-5-13-3-4-14(16)22-13)18-7-2-9-21-12-6-10-20-11-12/h3-4,12H,2,5-11H2,1H3,(H2,17,18,19). The summed E-state index contributed by atoms with van der Waals surface area (Å²) in [5.41, 5.74) is 0. The maximum Gasteiger partial charge on any atom is 0.190 e. The summed E-state index contributed by atoms with van der Waals surface area (Å²) >= 11 is 5.26. The van der Waals surface area contributed by atoms with E-state index in [0.717, 1.165) is 58.1 Å². The molecule has 22 heavy (non-hydrogen) atoms.